The number of anilines is 4. The topological polar surface area (TPSA) is 130 Å². The fourth-order valence-electron chi connectivity index (χ4n) is 6.53. The van der Waals surface area contributed by atoms with Gasteiger partial charge in [-0.25, -0.2) is 22.8 Å². The van der Waals surface area contributed by atoms with Crippen molar-refractivity contribution in [3.8, 4) is 0 Å². The Morgan fingerprint density at radius 1 is 1.11 bits per heavy atom. The van der Waals surface area contributed by atoms with E-state index >= 15 is 0 Å². The zero-order valence-corrected chi connectivity index (χ0v) is 25.8. The molecule has 4 heterocycles. The molecule has 44 heavy (non-hydrogen) atoms. The molecule has 234 valence electrons. The highest BCUT2D eigenvalue weighted by molar-refractivity contribution is 7.90. The maximum absolute atomic E-state index is 14.5. The van der Waals surface area contributed by atoms with Gasteiger partial charge in [-0.15, -0.1) is 0 Å². The van der Waals surface area contributed by atoms with E-state index in [-0.39, 0.29) is 36.1 Å². The third-order valence-corrected chi connectivity index (χ3v) is 9.98. The predicted octanol–water partition coefficient (Wildman–Crippen LogP) is 3.36. The van der Waals surface area contributed by atoms with Crippen LogP contribution >= 0.6 is 0 Å². The number of carbonyl (C=O) groups is 1. The summed E-state index contributed by atoms with van der Waals surface area (Å²) in [5.74, 6) is 1.78. The quantitative estimate of drug-likeness (QED) is 0.325. The molecule has 2 aliphatic heterocycles. The SMILES string of the molecule is C=CC(=O)N[C@H]1CC[C@@H]1c1ccc(N2CC(CS(C)(=O)=O)C2)c2cnc(Nc3ccnc(N4CC[C@@H](OC)[C@@H](F)C4)n3)cc12. The van der Waals surface area contributed by atoms with Crippen LogP contribution in [0.25, 0.3) is 10.8 Å². The summed E-state index contributed by atoms with van der Waals surface area (Å²) in [4.78, 5) is 29.8. The van der Waals surface area contributed by atoms with Crippen LogP contribution in [-0.4, -0.2) is 92.9 Å². The van der Waals surface area contributed by atoms with Crippen molar-refractivity contribution in [2.24, 2.45) is 5.92 Å². The molecule has 1 amide bonds. The van der Waals surface area contributed by atoms with E-state index < -0.39 is 22.1 Å². The van der Waals surface area contributed by atoms with Gasteiger partial charge in [-0.3, -0.25) is 4.79 Å². The number of hydrogen-bond acceptors (Lipinski definition) is 10. The zero-order chi connectivity index (χ0) is 31.0. The molecule has 3 fully saturated rings. The van der Waals surface area contributed by atoms with Gasteiger partial charge in [-0.2, -0.15) is 4.98 Å². The number of hydrogen-bond donors (Lipinski definition) is 2. The molecule has 0 bridgehead atoms. The fourth-order valence-corrected chi connectivity index (χ4v) is 7.60. The van der Waals surface area contributed by atoms with Gasteiger partial charge in [0.1, 0.15) is 27.6 Å². The number of piperidine rings is 1. The van der Waals surface area contributed by atoms with Crippen LogP contribution < -0.4 is 20.4 Å². The van der Waals surface area contributed by atoms with Crippen LogP contribution in [0.1, 0.15) is 30.7 Å². The van der Waals surface area contributed by atoms with Crippen LogP contribution in [0.15, 0.2) is 49.3 Å². The van der Waals surface area contributed by atoms with E-state index in [9.17, 15) is 17.6 Å². The number of rotatable bonds is 10. The van der Waals surface area contributed by atoms with E-state index in [1.54, 1.807) is 12.3 Å². The van der Waals surface area contributed by atoms with Crippen LogP contribution in [0.5, 0.6) is 0 Å². The molecule has 1 aliphatic carbocycles. The smallest absolute Gasteiger partial charge is 0.243 e. The highest BCUT2D eigenvalue weighted by atomic mass is 32.2. The summed E-state index contributed by atoms with van der Waals surface area (Å²) in [5, 5.41) is 8.32. The Balaban J connectivity index is 1.28. The summed E-state index contributed by atoms with van der Waals surface area (Å²) in [6, 6.07) is 7.94. The number of halogens is 1. The average molecular weight is 624 g/mol. The van der Waals surface area contributed by atoms with Crippen LogP contribution in [0.3, 0.4) is 0 Å². The molecular weight excluding hydrogens is 585 g/mol. The Morgan fingerprint density at radius 2 is 1.93 bits per heavy atom. The Kier molecular flexibility index (Phi) is 8.42. The average Bonchev–Trinajstić information content (AvgIpc) is 2.97. The van der Waals surface area contributed by atoms with Crippen molar-refractivity contribution in [3.63, 3.8) is 0 Å². The third-order valence-electron chi connectivity index (χ3n) is 8.90. The van der Waals surface area contributed by atoms with Crippen molar-refractivity contribution in [2.75, 3.05) is 60.4 Å². The number of alkyl halides is 1. The van der Waals surface area contributed by atoms with E-state index in [0.29, 0.717) is 43.6 Å². The molecule has 2 aromatic heterocycles. The highest BCUT2D eigenvalue weighted by Crippen LogP contribution is 2.43. The van der Waals surface area contributed by atoms with E-state index in [1.807, 2.05) is 17.2 Å². The van der Waals surface area contributed by atoms with E-state index in [1.165, 1.54) is 19.4 Å². The van der Waals surface area contributed by atoms with E-state index in [0.717, 1.165) is 34.9 Å². The first-order chi connectivity index (χ1) is 21.1. The number of nitrogens with zero attached hydrogens (tertiary/aromatic N) is 5. The highest BCUT2D eigenvalue weighted by Gasteiger charge is 2.36. The van der Waals surface area contributed by atoms with Crippen molar-refractivity contribution in [2.45, 2.75) is 43.5 Å². The monoisotopic (exact) mass is 623 g/mol. The van der Waals surface area contributed by atoms with Gasteiger partial charge in [0, 0.05) is 74.3 Å². The summed E-state index contributed by atoms with van der Waals surface area (Å²) in [5.41, 5.74) is 2.12. The van der Waals surface area contributed by atoms with E-state index in [2.05, 4.69) is 44.2 Å². The zero-order valence-electron chi connectivity index (χ0n) is 24.9. The van der Waals surface area contributed by atoms with Crippen molar-refractivity contribution in [1.82, 2.24) is 20.3 Å². The Morgan fingerprint density at radius 3 is 2.61 bits per heavy atom. The molecule has 6 rings (SSSR count). The van der Waals surface area contributed by atoms with Crippen LogP contribution in [0.2, 0.25) is 0 Å². The lowest BCUT2D eigenvalue weighted by Gasteiger charge is -2.42. The molecule has 1 saturated carbocycles. The lowest BCUT2D eigenvalue weighted by atomic mass is 9.73. The minimum atomic E-state index is -3.04. The Bertz CT molecular complexity index is 1670. The molecular formula is C31H38FN7O4S. The second-order valence-electron chi connectivity index (χ2n) is 12.0. The number of amides is 1. The second kappa shape index (κ2) is 12.3. The molecule has 3 aliphatic rings. The van der Waals surface area contributed by atoms with Crippen molar-refractivity contribution >= 4 is 49.8 Å². The number of ether oxygens (including phenoxy) is 1. The van der Waals surface area contributed by atoms with Gasteiger partial charge in [-0.05, 0) is 54.5 Å². The van der Waals surface area contributed by atoms with Gasteiger partial charge in [-0.1, -0.05) is 12.6 Å². The maximum Gasteiger partial charge on any atom is 0.243 e. The van der Waals surface area contributed by atoms with Gasteiger partial charge in [0.15, 0.2) is 0 Å². The Labute approximate surface area is 256 Å². The number of sulfone groups is 1. The van der Waals surface area contributed by atoms with Crippen LogP contribution in [0, 0.1) is 5.92 Å². The van der Waals surface area contributed by atoms with Crippen molar-refractivity contribution < 1.29 is 22.3 Å². The van der Waals surface area contributed by atoms with Crippen molar-refractivity contribution in [3.05, 3.63) is 54.9 Å². The first-order valence-corrected chi connectivity index (χ1v) is 17.0. The number of fused-ring (bicyclic) bond motifs is 1. The Hall–Kier alpha value is -3.84. The summed E-state index contributed by atoms with van der Waals surface area (Å²) >= 11 is 0. The molecule has 11 nitrogen and oxygen atoms in total. The fraction of sp³-hybridized carbons (Fsp3) is 0.484. The molecule has 2 N–H and O–H groups in total. The molecule has 2 saturated heterocycles. The number of carbonyl (C=O) groups excluding carboxylic acids is 1. The molecule has 1 aromatic carbocycles. The largest absolute Gasteiger partial charge is 0.378 e. The molecule has 3 aromatic rings. The minimum absolute atomic E-state index is 0.00766. The molecule has 13 heteroatoms. The summed E-state index contributed by atoms with van der Waals surface area (Å²) in [7, 11) is -1.51. The number of methoxy groups -OCH3 is 1. The van der Waals surface area contributed by atoms with Crippen LogP contribution in [0.4, 0.5) is 27.7 Å². The summed E-state index contributed by atoms with van der Waals surface area (Å²) < 4.78 is 43.4. The van der Waals surface area contributed by atoms with E-state index in [4.69, 9.17) is 9.72 Å². The number of aromatic nitrogens is 3. The summed E-state index contributed by atoms with van der Waals surface area (Å²) in [6.45, 7) is 5.66. The first-order valence-electron chi connectivity index (χ1n) is 14.9. The molecule has 0 spiro atoms. The number of pyridine rings is 1. The van der Waals surface area contributed by atoms with Gasteiger partial charge in [0.2, 0.25) is 11.9 Å². The lowest BCUT2D eigenvalue weighted by molar-refractivity contribution is -0.117. The predicted molar refractivity (Wildman–Crippen MR) is 169 cm³/mol. The second-order valence-corrected chi connectivity index (χ2v) is 14.2. The summed E-state index contributed by atoms with van der Waals surface area (Å²) in [6.07, 6.45) is 6.88. The number of nitrogens with one attached hydrogen (secondary N) is 2. The standard InChI is InChI=1S/C31H38FN7O4S/c1-4-30(40)35-25-7-5-21(25)20-6-8-26(39-15-19(16-39)18-44(3,41)42)23-14-34-29(13-22(20)23)36-28-9-11-33-31(37-28)38-12-10-27(43-2)24(32)17-38/h4,6,8-9,11,13-14,19,21,24-25,27H,1,5,7,10,12,15-18H2,2-3H3,(H,35,40)(H,33,34,36,37)/t21-,24+,25+,27-/m1/s1. The third kappa shape index (κ3) is 6.34. The van der Waals surface area contributed by atoms with Gasteiger partial charge >= 0.3 is 0 Å². The van der Waals surface area contributed by atoms with Gasteiger partial charge in [0.05, 0.1) is 18.4 Å². The number of benzene rings is 1. The molecule has 0 unspecified atom stereocenters. The lowest BCUT2D eigenvalue weighted by Crippen LogP contribution is -2.49. The normalized spacial score (nSPS) is 24.0. The van der Waals surface area contributed by atoms with Gasteiger partial charge < -0.3 is 25.2 Å². The van der Waals surface area contributed by atoms with Gasteiger partial charge in [0.25, 0.3) is 0 Å². The maximum atomic E-state index is 14.5. The first kappa shape index (κ1) is 30.2. The van der Waals surface area contributed by atoms with Crippen LogP contribution in [-0.2, 0) is 19.4 Å². The molecule has 0 radical (unpaired) electrons. The van der Waals surface area contributed by atoms with Crippen molar-refractivity contribution in [1.29, 1.82) is 0 Å². The molecule has 4 atom stereocenters. The minimum Gasteiger partial charge on any atom is -0.378 e.